The minimum atomic E-state index is -0.195. The van der Waals surface area contributed by atoms with Gasteiger partial charge in [-0.15, -0.1) is 6.42 Å². The molecule has 0 spiro atoms. The first-order valence-electron chi connectivity index (χ1n) is 5.01. The van der Waals surface area contributed by atoms with E-state index in [2.05, 4.69) is 5.92 Å². The second-order valence-corrected chi connectivity index (χ2v) is 3.94. The van der Waals surface area contributed by atoms with Crippen LogP contribution in [0.15, 0.2) is 24.3 Å². The fourth-order valence-electron chi connectivity index (χ4n) is 2.26. The molecule has 2 rings (SSSR count). The summed E-state index contributed by atoms with van der Waals surface area (Å²) in [6.45, 7) is 0. The highest BCUT2D eigenvalue weighted by Gasteiger charge is 2.33. The Kier molecular flexibility index (Phi) is 2.29. The molecule has 1 saturated carbocycles. The minimum Gasteiger partial charge on any atom is -0.207 e. The average Bonchev–Trinajstić information content (AvgIpc) is 2.68. The minimum absolute atomic E-state index is 0.117. The first-order valence-corrected chi connectivity index (χ1v) is 5.01. The highest BCUT2D eigenvalue weighted by atomic mass is 19.1. The van der Waals surface area contributed by atoms with E-state index >= 15 is 0 Å². The molecular weight excluding hydrogens is 175 g/mol. The first kappa shape index (κ1) is 9.27. The standard InChI is InChI=1S/C13H13F/c1-2-13(9-3-4-10-13)11-5-7-12(14)8-6-11/h1,5-8H,3-4,9-10H2. The van der Waals surface area contributed by atoms with Crippen molar-refractivity contribution in [1.82, 2.24) is 0 Å². The van der Waals surface area contributed by atoms with Crippen LogP contribution < -0.4 is 0 Å². The molecule has 72 valence electrons. The second-order valence-electron chi connectivity index (χ2n) is 3.94. The molecule has 0 unspecified atom stereocenters. The number of hydrogen-bond donors (Lipinski definition) is 0. The summed E-state index contributed by atoms with van der Waals surface area (Å²) in [5.41, 5.74) is 0.979. The number of benzene rings is 1. The van der Waals surface area contributed by atoms with E-state index < -0.39 is 0 Å². The largest absolute Gasteiger partial charge is 0.207 e. The van der Waals surface area contributed by atoms with Crippen LogP contribution in [0.25, 0.3) is 0 Å². The third kappa shape index (κ3) is 1.42. The normalized spacial score (nSPS) is 19.1. The van der Waals surface area contributed by atoms with E-state index in [1.165, 1.54) is 25.0 Å². The summed E-state index contributed by atoms with van der Waals surface area (Å²) in [5, 5.41) is 0. The molecule has 0 aromatic heterocycles. The van der Waals surface area contributed by atoms with Gasteiger partial charge in [-0.05, 0) is 30.5 Å². The van der Waals surface area contributed by atoms with E-state index in [-0.39, 0.29) is 11.2 Å². The Morgan fingerprint density at radius 1 is 1.14 bits per heavy atom. The molecule has 0 nitrogen and oxygen atoms in total. The zero-order valence-corrected chi connectivity index (χ0v) is 8.09. The predicted molar refractivity (Wildman–Crippen MR) is 55.4 cm³/mol. The fourth-order valence-corrected chi connectivity index (χ4v) is 2.26. The summed E-state index contributed by atoms with van der Waals surface area (Å²) in [7, 11) is 0. The summed E-state index contributed by atoms with van der Waals surface area (Å²) in [6, 6.07) is 6.63. The molecule has 0 N–H and O–H groups in total. The van der Waals surface area contributed by atoms with Crippen LogP contribution in [-0.4, -0.2) is 0 Å². The molecule has 0 atom stereocenters. The monoisotopic (exact) mass is 188 g/mol. The SMILES string of the molecule is C#CC1(c2ccc(F)cc2)CCCC1. The molecule has 0 heterocycles. The molecule has 1 fully saturated rings. The van der Waals surface area contributed by atoms with E-state index in [0.29, 0.717) is 0 Å². The average molecular weight is 188 g/mol. The van der Waals surface area contributed by atoms with Gasteiger partial charge >= 0.3 is 0 Å². The summed E-state index contributed by atoms with van der Waals surface area (Å²) in [5.74, 6) is 2.70. The lowest BCUT2D eigenvalue weighted by Crippen LogP contribution is -2.18. The van der Waals surface area contributed by atoms with Gasteiger partial charge in [0.25, 0.3) is 0 Å². The molecule has 0 amide bonds. The van der Waals surface area contributed by atoms with Gasteiger partial charge in [0.05, 0.1) is 5.41 Å². The van der Waals surface area contributed by atoms with Crippen molar-refractivity contribution in [3.05, 3.63) is 35.6 Å². The van der Waals surface area contributed by atoms with Crippen LogP contribution in [-0.2, 0) is 5.41 Å². The number of rotatable bonds is 1. The van der Waals surface area contributed by atoms with Crippen LogP contribution in [0, 0.1) is 18.2 Å². The molecule has 14 heavy (non-hydrogen) atoms. The zero-order valence-electron chi connectivity index (χ0n) is 8.09. The molecule has 1 aliphatic carbocycles. The van der Waals surface area contributed by atoms with Gasteiger partial charge in [0.15, 0.2) is 0 Å². The maximum absolute atomic E-state index is 12.8. The van der Waals surface area contributed by atoms with Gasteiger partial charge in [-0.3, -0.25) is 0 Å². The quantitative estimate of drug-likeness (QED) is 0.593. The van der Waals surface area contributed by atoms with Crippen molar-refractivity contribution in [2.24, 2.45) is 0 Å². The van der Waals surface area contributed by atoms with Crippen LogP contribution in [0.2, 0.25) is 0 Å². The van der Waals surface area contributed by atoms with Gasteiger partial charge in [0.2, 0.25) is 0 Å². The smallest absolute Gasteiger partial charge is 0.123 e. The van der Waals surface area contributed by atoms with Crippen molar-refractivity contribution in [3.8, 4) is 12.3 Å². The molecule has 1 heteroatoms. The Labute approximate surface area is 84.1 Å². The molecule has 1 aromatic rings. The number of halogens is 1. The topological polar surface area (TPSA) is 0 Å². The van der Waals surface area contributed by atoms with Crippen LogP contribution >= 0.6 is 0 Å². The van der Waals surface area contributed by atoms with Crippen LogP contribution in [0.3, 0.4) is 0 Å². The molecule has 0 radical (unpaired) electrons. The summed E-state index contributed by atoms with van der Waals surface area (Å²) < 4.78 is 12.8. The van der Waals surface area contributed by atoms with Crippen molar-refractivity contribution in [2.75, 3.05) is 0 Å². The molecule has 1 aromatic carbocycles. The Morgan fingerprint density at radius 3 is 2.21 bits per heavy atom. The fraction of sp³-hybridized carbons (Fsp3) is 0.385. The zero-order chi connectivity index (χ0) is 10.0. The molecule has 0 aliphatic heterocycles. The Bertz CT molecular complexity index is 350. The summed E-state index contributed by atoms with van der Waals surface area (Å²) >= 11 is 0. The van der Waals surface area contributed by atoms with E-state index in [9.17, 15) is 4.39 Å². The van der Waals surface area contributed by atoms with Crippen molar-refractivity contribution in [2.45, 2.75) is 31.1 Å². The Balaban J connectivity index is 2.37. The number of terminal acetylenes is 1. The number of hydrogen-bond acceptors (Lipinski definition) is 0. The second kappa shape index (κ2) is 3.46. The first-order chi connectivity index (χ1) is 6.77. The van der Waals surface area contributed by atoms with Crippen LogP contribution in [0.1, 0.15) is 31.2 Å². The van der Waals surface area contributed by atoms with E-state index in [1.807, 2.05) is 12.1 Å². The van der Waals surface area contributed by atoms with Gasteiger partial charge in [-0.25, -0.2) is 4.39 Å². The highest BCUT2D eigenvalue weighted by molar-refractivity contribution is 5.35. The molecular formula is C13H13F. The van der Waals surface area contributed by atoms with Gasteiger partial charge in [0, 0.05) is 0 Å². The van der Waals surface area contributed by atoms with Crippen molar-refractivity contribution in [1.29, 1.82) is 0 Å². The predicted octanol–water partition coefficient (Wildman–Crippen LogP) is 3.27. The third-order valence-corrected chi connectivity index (χ3v) is 3.13. The van der Waals surface area contributed by atoms with Gasteiger partial charge in [-0.1, -0.05) is 30.9 Å². The van der Waals surface area contributed by atoms with Crippen molar-refractivity contribution >= 4 is 0 Å². The van der Waals surface area contributed by atoms with Crippen molar-refractivity contribution < 1.29 is 4.39 Å². The molecule has 0 saturated heterocycles. The summed E-state index contributed by atoms with van der Waals surface area (Å²) in [6.07, 6.45) is 10.0. The van der Waals surface area contributed by atoms with Gasteiger partial charge in [-0.2, -0.15) is 0 Å². The van der Waals surface area contributed by atoms with Gasteiger partial charge in [0.1, 0.15) is 5.82 Å². The van der Waals surface area contributed by atoms with Crippen LogP contribution in [0.5, 0.6) is 0 Å². The van der Waals surface area contributed by atoms with E-state index in [0.717, 1.165) is 18.4 Å². The van der Waals surface area contributed by atoms with Crippen molar-refractivity contribution in [3.63, 3.8) is 0 Å². The highest BCUT2D eigenvalue weighted by Crippen LogP contribution is 2.40. The maximum atomic E-state index is 12.8. The summed E-state index contributed by atoms with van der Waals surface area (Å²) in [4.78, 5) is 0. The third-order valence-electron chi connectivity index (χ3n) is 3.13. The Morgan fingerprint density at radius 2 is 1.71 bits per heavy atom. The van der Waals surface area contributed by atoms with E-state index in [1.54, 1.807) is 0 Å². The lowest BCUT2D eigenvalue weighted by Gasteiger charge is -2.22. The lowest BCUT2D eigenvalue weighted by atomic mass is 9.80. The lowest BCUT2D eigenvalue weighted by molar-refractivity contribution is 0.576. The Hall–Kier alpha value is -1.29. The van der Waals surface area contributed by atoms with Gasteiger partial charge < -0.3 is 0 Å². The molecule has 1 aliphatic rings. The van der Waals surface area contributed by atoms with Crippen LogP contribution in [0.4, 0.5) is 4.39 Å². The molecule has 0 bridgehead atoms. The van der Waals surface area contributed by atoms with E-state index in [4.69, 9.17) is 6.42 Å². The maximum Gasteiger partial charge on any atom is 0.123 e.